The van der Waals surface area contributed by atoms with E-state index in [9.17, 15) is 19.8 Å². The van der Waals surface area contributed by atoms with Crippen molar-refractivity contribution in [3.05, 3.63) is 11.1 Å². The number of rotatable bonds is 2. The third kappa shape index (κ3) is 1.85. The Labute approximate surface area is 113 Å². The van der Waals surface area contributed by atoms with E-state index in [1.807, 2.05) is 0 Å². The number of carbonyl (C=O) groups excluding carboxylic acids is 2. The second-order valence-electron chi connectivity index (χ2n) is 3.29. The Morgan fingerprint density at radius 1 is 1.73 bits per heavy atom. The standard InChI is InChI=1S/C8H9NO4S.Na/c1-3(10)5-6(11)9-4(8(12)13)2-14-7(5)9;/h2-3,5,7,10H,1H3,(H,12,13);/q;+1/p-1/t3?,5?,7-;/m1./s1. The van der Waals surface area contributed by atoms with E-state index >= 15 is 0 Å². The van der Waals surface area contributed by atoms with Crippen molar-refractivity contribution in [1.82, 2.24) is 4.90 Å². The van der Waals surface area contributed by atoms with Gasteiger partial charge < -0.3 is 15.0 Å². The Morgan fingerprint density at radius 2 is 2.33 bits per heavy atom. The molecule has 76 valence electrons. The molecule has 7 heteroatoms. The molecule has 0 aromatic rings. The summed E-state index contributed by atoms with van der Waals surface area (Å²) in [5, 5.41) is 21.0. The average molecular weight is 237 g/mol. The predicted octanol–water partition coefficient (Wildman–Crippen LogP) is -4.51. The number of amides is 1. The molecule has 5 nitrogen and oxygen atoms in total. The molecule has 0 spiro atoms. The average Bonchev–Trinajstić information content (AvgIpc) is 2.42. The van der Waals surface area contributed by atoms with E-state index in [1.54, 1.807) is 0 Å². The van der Waals surface area contributed by atoms with E-state index in [0.29, 0.717) is 0 Å². The predicted molar refractivity (Wildman–Crippen MR) is 46.5 cm³/mol. The zero-order valence-electron chi connectivity index (χ0n) is 8.34. The quantitative estimate of drug-likeness (QED) is 0.387. The molecule has 0 aliphatic carbocycles. The minimum atomic E-state index is -1.35. The van der Waals surface area contributed by atoms with Crippen LogP contribution in [0.1, 0.15) is 6.92 Å². The van der Waals surface area contributed by atoms with Gasteiger partial charge in [0.15, 0.2) is 0 Å². The summed E-state index contributed by atoms with van der Waals surface area (Å²) in [4.78, 5) is 23.1. The van der Waals surface area contributed by atoms with E-state index in [0.717, 1.165) is 4.90 Å². The molecule has 1 N–H and O–H groups in total. The van der Waals surface area contributed by atoms with Crippen LogP contribution in [-0.2, 0) is 9.59 Å². The van der Waals surface area contributed by atoms with Crippen LogP contribution in [-0.4, -0.2) is 33.4 Å². The van der Waals surface area contributed by atoms with Crippen LogP contribution in [0.15, 0.2) is 11.1 Å². The summed E-state index contributed by atoms with van der Waals surface area (Å²) in [5.74, 6) is -2.18. The summed E-state index contributed by atoms with van der Waals surface area (Å²) in [6, 6.07) is 0. The topological polar surface area (TPSA) is 80.7 Å². The molecule has 0 aromatic carbocycles. The fourth-order valence-corrected chi connectivity index (χ4v) is 3.00. The maximum atomic E-state index is 11.4. The van der Waals surface area contributed by atoms with Crippen molar-refractivity contribution in [3.63, 3.8) is 0 Å². The van der Waals surface area contributed by atoms with Crippen LogP contribution in [0.3, 0.4) is 0 Å². The van der Waals surface area contributed by atoms with Gasteiger partial charge in [-0.2, -0.15) is 0 Å². The number of carboxylic acids is 1. The third-order valence-electron chi connectivity index (χ3n) is 2.39. The molecule has 0 saturated carbocycles. The molecule has 15 heavy (non-hydrogen) atoms. The van der Waals surface area contributed by atoms with E-state index in [-0.39, 0.29) is 46.5 Å². The summed E-state index contributed by atoms with van der Waals surface area (Å²) in [6.07, 6.45) is -0.745. The second kappa shape index (κ2) is 4.47. The van der Waals surface area contributed by atoms with Crippen molar-refractivity contribution in [3.8, 4) is 0 Å². The van der Waals surface area contributed by atoms with Gasteiger partial charge in [0.05, 0.1) is 23.7 Å². The van der Waals surface area contributed by atoms with Crippen LogP contribution in [0, 0.1) is 5.92 Å². The van der Waals surface area contributed by atoms with Gasteiger partial charge in [0.1, 0.15) is 5.37 Å². The van der Waals surface area contributed by atoms with E-state index < -0.39 is 18.0 Å². The van der Waals surface area contributed by atoms with Crippen LogP contribution < -0.4 is 34.7 Å². The number of β-lactam (4-membered cyclic amide) rings is 1. The van der Waals surface area contributed by atoms with E-state index in [1.165, 1.54) is 24.1 Å². The van der Waals surface area contributed by atoms with Gasteiger partial charge in [-0.25, -0.2) is 0 Å². The zero-order valence-corrected chi connectivity index (χ0v) is 11.2. The maximum Gasteiger partial charge on any atom is 1.00 e. The molecule has 2 rings (SSSR count). The van der Waals surface area contributed by atoms with Gasteiger partial charge in [-0.05, 0) is 12.3 Å². The van der Waals surface area contributed by atoms with Gasteiger partial charge in [0.25, 0.3) is 0 Å². The molecular weight excluding hydrogens is 229 g/mol. The largest absolute Gasteiger partial charge is 1.00 e. The van der Waals surface area contributed by atoms with Crippen molar-refractivity contribution in [1.29, 1.82) is 0 Å². The van der Waals surface area contributed by atoms with Gasteiger partial charge in [0, 0.05) is 0 Å². The van der Waals surface area contributed by atoms with Gasteiger partial charge in [-0.3, -0.25) is 9.69 Å². The minimum absolute atomic E-state index is 0. The smallest absolute Gasteiger partial charge is 0.543 e. The van der Waals surface area contributed by atoms with Crippen LogP contribution in [0.2, 0.25) is 0 Å². The molecule has 2 aliphatic heterocycles. The molecule has 1 amide bonds. The second-order valence-corrected chi connectivity index (χ2v) is 4.28. The van der Waals surface area contributed by atoms with Crippen molar-refractivity contribution < 1.29 is 49.4 Å². The molecule has 3 atom stereocenters. The minimum Gasteiger partial charge on any atom is -0.543 e. The molecule has 0 aromatic heterocycles. The number of thioether (sulfide) groups is 1. The monoisotopic (exact) mass is 237 g/mol. The summed E-state index contributed by atoms with van der Waals surface area (Å²) in [6.45, 7) is 1.53. The zero-order chi connectivity index (χ0) is 10.5. The number of aliphatic hydroxyl groups is 1. The Hall–Kier alpha value is -0.01000. The first-order valence-electron chi connectivity index (χ1n) is 4.12. The number of carboxylic acid groups (broad SMARTS) is 1. The van der Waals surface area contributed by atoms with Crippen LogP contribution in [0.25, 0.3) is 0 Å². The number of hydrogen-bond donors (Lipinski definition) is 1. The molecule has 1 saturated heterocycles. The Balaban J connectivity index is 0.00000112. The SMILES string of the molecule is CC(O)C1C(=O)N2C(C(=O)[O-])=CS[C@H]12.[Na+]. The van der Waals surface area contributed by atoms with Crippen molar-refractivity contribution in [2.45, 2.75) is 18.4 Å². The molecule has 2 aliphatic rings. The van der Waals surface area contributed by atoms with Gasteiger partial charge in [0.2, 0.25) is 5.91 Å². The molecule has 2 heterocycles. The fraction of sp³-hybridized carbons (Fsp3) is 0.500. The normalized spacial score (nSPS) is 29.9. The number of aliphatic carboxylic acids is 1. The summed E-state index contributed by atoms with van der Waals surface area (Å²) in [7, 11) is 0. The summed E-state index contributed by atoms with van der Waals surface area (Å²) in [5.41, 5.74) is -0.0955. The number of aliphatic hydroxyl groups excluding tert-OH is 1. The Bertz CT molecular complexity index is 344. The van der Waals surface area contributed by atoms with Crippen molar-refractivity contribution in [2.75, 3.05) is 0 Å². The molecule has 0 bridgehead atoms. The Kier molecular flexibility index (Phi) is 3.89. The van der Waals surface area contributed by atoms with Crippen LogP contribution in [0.5, 0.6) is 0 Å². The van der Waals surface area contributed by atoms with Crippen molar-refractivity contribution >= 4 is 23.6 Å². The van der Waals surface area contributed by atoms with Gasteiger partial charge >= 0.3 is 29.6 Å². The van der Waals surface area contributed by atoms with Crippen molar-refractivity contribution in [2.24, 2.45) is 5.92 Å². The van der Waals surface area contributed by atoms with E-state index in [4.69, 9.17) is 0 Å². The summed E-state index contributed by atoms with van der Waals surface area (Å²) < 4.78 is 0. The summed E-state index contributed by atoms with van der Waals surface area (Å²) >= 11 is 1.23. The first kappa shape index (κ1) is 13.1. The third-order valence-corrected chi connectivity index (χ3v) is 3.53. The number of fused-ring (bicyclic) bond motifs is 1. The number of nitrogens with zero attached hydrogens (tertiary/aromatic N) is 1. The first-order chi connectivity index (χ1) is 6.54. The van der Waals surface area contributed by atoms with Crippen LogP contribution in [0.4, 0.5) is 0 Å². The van der Waals surface area contributed by atoms with Crippen LogP contribution >= 0.6 is 11.8 Å². The number of carbonyl (C=O) groups is 2. The maximum absolute atomic E-state index is 11.4. The van der Waals surface area contributed by atoms with E-state index in [2.05, 4.69) is 0 Å². The van der Waals surface area contributed by atoms with Gasteiger partial charge in [-0.1, -0.05) is 0 Å². The fourth-order valence-electron chi connectivity index (χ4n) is 1.67. The van der Waals surface area contributed by atoms with Gasteiger partial charge in [-0.15, -0.1) is 11.8 Å². The molecule has 0 radical (unpaired) electrons. The molecule has 1 fully saturated rings. The molecule has 2 unspecified atom stereocenters. The number of hydrogen-bond acceptors (Lipinski definition) is 5. The molecular formula is C8H8NNaO4S. The first-order valence-corrected chi connectivity index (χ1v) is 5.06. The Morgan fingerprint density at radius 3 is 2.80 bits per heavy atom.